The van der Waals surface area contributed by atoms with Gasteiger partial charge in [-0.15, -0.1) is 44.1 Å². The SMILES string of the molecule is [C-]#[N+]c1ccc(-c2c3nc(c(-c4cc(C(C)(C)C)cc(C(C)(C)C)c4)c4ccc([n-]4)c(-c4c5nc(c(-c6cc(C(C)(C)C)cc(C(C)(C)C)c6)c6ccc([n-]6)c(-c6ccc(C#N)cc6)c6nc(c(-c7cc(C(C)(C)C)cc(C(C)(C)C)c7)c7ccc4[n-]7)C=C6)C=C5)c4nc(c(-c5cc(C(C)(C)C)cc(C(C)(C)C)c5)c5ccc2[n-]5)C=C4)C=C3)cc1.[Zn+2].[Zn+2]. The summed E-state index contributed by atoms with van der Waals surface area (Å²) in [5.74, 6) is 0. The molecular weight excluding hydrogens is 1590 g/mol. The first-order valence-electron chi connectivity index (χ1n) is 42.1. The Morgan fingerprint density at radius 1 is 0.238 bits per heavy atom. The first-order valence-corrected chi connectivity index (χ1v) is 42.1. The molecular formula is C110H108N10Zn2. The molecule has 12 heteroatoms. The molecule has 602 valence electrons. The summed E-state index contributed by atoms with van der Waals surface area (Å²) in [7, 11) is 0. The van der Waals surface area contributed by atoms with Crippen LogP contribution in [0.2, 0.25) is 0 Å². The molecule has 0 saturated carbocycles. The molecule has 0 fully saturated rings. The van der Waals surface area contributed by atoms with Gasteiger partial charge in [-0.2, -0.15) is 5.26 Å². The van der Waals surface area contributed by atoms with Crippen LogP contribution in [0.4, 0.5) is 5.69 Å². The molecule has 0 spiro atoms. The van der Waals surface area contributed by atoms with Crippen LogP contribution >= 0.6 is 0 Å². The molecule has 16 bridgehead atoms. The van der Waals surface area contributed by atoms with E-state index in [1.54, 1.807) is 0 Å². The van der Waals surface area contributed by atoms with E-state index in [0.29, 0.717) is 33.7 Å². The molecule has 10 heterocycles. The maximum atomic E-state index is 10.2. The zero-order valence-electron chi connectivity index (χ0n) is 75.7. The fourth-order valence-electron chi connectivity index (χ4n) is 16.4. The van der Waals surface area contributed by atoms with Crippen LogP contribution in [0, 0.1) is 17.9 Å². The number of hydrogen-bond acceptors (Lipinski definition) is 5. The Hall–Kier alpha value is -11.3. The van der Waals surface area contributed by atoms with Crippen LogP contribution < -0.4 is 19.9 Å². The van der Waals surface area contributed by atoms with Crippen LogP contribution in [-0.2, 0) is 82.3 Å². The van der Waals surface area contributed by atoms with Gasteiger partial charge in [0.05, 0.1) is 63.8 Å². The summed E-state index contributed by atoms with van der Waals surface area (Å²) < 4.78 is 0. The van der Waals surface area contributed by atoms with Gasteiger partial charge in [0.1, 0.15) is 0 Å². The molecule has 6 aromatic carbocycles. The van der Waals surface area contributed by atoms with Crippen LogP contribution in [0.25, 0.3) is 175 Å². The Morgan fingerprint density at radius 3 is 0.590 bits per heavy atom. The molecule has 0 aliphatic carbocycles. The second-order valence-corrected chi connectivity index (χ2v) is 41.3. The Balaban J connectivity index is 0.00000607. The number of nitriles is 1. The largest absolute Gasteiger partial charge is 2.00 e. The van der Waals surface area contributed by atoms with Crippen molar-refractivity contribution in [3.8, 4) is 84.0 Å². The van der Waals surface area contributed by atoms with Gasteiger partial charge < -0.3 is 19.9 Å². The van der Waals surface area contributed by atoms with E-state index in [9.17, 15) is 5.26 Å². The summed E-state index contributed by atoms with van der Waals surface area (Å²) in [5.41, 5.74) is 32.3. The van der Waals surface area contributed by atoms with Crippen LogP contribution in [0.1, 0.15) is 262 Å². The number of hydrogen-bond donors (Lipinski definition) is 0. The van der Waals surface area contributed by atoms with Crippen molar-refractivity contribution in [2.24, 2.45) is 0 Å². The van der Waals surface area contributed by atoms with Crippen molar-refractivity contribution < 1.29 is 39.0 Å². The number of rotatable bonds is 7. The molecule has 122 heavy (non-hydrogen) atoms. The van der Waals surface area contributed by atoms with Crippen molar-refractivity contribution in [2.45, 2.75) is 209 Å². The van der Waals surface area contributed by atoms with Crippen molar-refractivity contribution in [3.63, 3.8) is 0 Å². The maximum absolute atomic E-state index is 10.2. The number of aromatic nitrogens is 8. The van der Waals surface area contributed by atoms with Crippen molar-refractivity contribution in [1.29, 1.82) is 5.26 Å². The molecule has 0 N–H and O–H groups in total. The predicted molar refractivity (Wildman–Crippen MR) is 506 cm³/mol. The first-order chi connectivity index (χ1) is 56.3. The van der Waals surface area contributed by atoms with Crippen molar-refractivity contribution >= 4 is 98.4 Å². The average Bonchev–Trinajstić information content (AvgIpc) is 1.59. The summed E-state index contributed by atoms with van der Waals surface area (Å²) in [5, 5.41) is 10.2. The number of nitrogens with zero attached hydrogens (tertiary/aromatic N) is 10. The smallest absolute Gasteiger partial charge is 0.657 e. The van der Waals surface area contributed by atoms with Crippen molar-refractivity contribution in [1.82, 2.24) is 39.9 Å². The Morgan fingerprint density at radius 2 is 0.410 bits per heavy atom. The molecule has 16 rings (SSSR count). The van der Waals surface area contributed by atoms with Gasteiger partial charge in [-0.3, -0.25) is 0 Å². The van der Waals surface area contributed by atoms with Gasteiger partial charge in [0.2, 0.25) is 0 Å². The number of fused-ring (bicyclic) bond motifs is 16. The molecule has 12 aromatic rings. The molecule has 10 nitrogen and oxygen atoms in total. The third-order valence-corrected chi connectivity index (χ3v) is 23.9. The third kappa shape index (κ3) is 17.0. The quantitative estimate of drug-likeness (QED) is 0.113. The van der Waals surface area contributed by atoms with E-state index in [1.807, 2.05) is 48.5 Å². The van der Waals surface area contributed by atoms with E-state index in [4.69, 9.17) is 46.4 Å². The minimum Gasteiger partial charge on any atom is -0.657 e. The first kappa shape index (κ1) is 87.1. The Bertz CT molecular complexity index is 6150. The molecule has 4 aliphatic rings. The second-order valence-electron chi connectivity index (χ2n) is 41.3. The summed E-state index contributed by atoms with van der Waals surface area (Å²) in [6.07, 6.45) is 17.2. The van der Waals surface area contributed by atoms with Gasteiger partial charge in [-0.05, 0) is 226 Å². The summed E-state index contributed by atoms with van der Waals surface area (Å²) in [6, 6.07) is 63.3. The fraction of sp³-hybridized carbons (Fsp3) is 0.291. The predicted octanol–water partition coefficient (Wildman–Crippen LogP) is 28.6. The summed E-state index contributed by atoms with van der Waals surface area (Å²) in [4.78, 5) is 51.4. The summed E-state index contributed by atoms with van der Waals surface area (Å²) in [6.45, 7) is 62.8. The van der Waals surface area contributed by atoms with Gasteiger partial charge in [-0.25, -0.2) is 24.8 Å². The van der Waals surface area contributed by atoms with Gasteiger partial charge in [-0.1, -0.05) is 324 Å². The van der Waals surface area contributed by atoms with Crippen LogP contribution in [0.5, 0.6) is 0 Å². The minimum absolute atomic E-state index is 0. The monoisotopic (exact) mass is 1700 g/mol. The van der Waals surface area contributed by atoms with Gasteiger partial charge in [0.25, 0.3) is 0 Å². The minimum atomic E-state index is -0.236. The van der Waals surface area contributed by atoms with Crippen molar-refractivity contribution in [2.75, 3.05) is 0 Å². The molecule has 6 aromatic heterocycles. The van der Waals surface area contributed by atoms with Crippen molar-refractivity contribution in [3.05, 3.63) is 277 Å². The van der Waals surface area contributed by atoms with Gasteiger partial charge in [0, 0.05) is 0 Å². The average molecular weight is 1700 g/mol. The molecule has 0 amide bonds. The second kappa shape index (κ2) is 31.6. The van der Waals surface area contributed by atoms with E-state index >= 15 is 0 Å². The van der Waals surface area contributed by atoms with E-state index < -0.39 is 0 Å². The molecule has 0 atom stereocenters. The van der Waals surface area contributed by atoms with Gasteiger partial charge >= 0.3 is 39.0 Å². The van der Waals surface area contributed by atoms with Crippen LogP contribution in [-0.4, -0.2) is 19.9 Å². The standard InChI is InChI=1S/C110H108N10.2Zn/c1-103(2,3)70-50-66(51-71(58-70)104(4,5)6)97-83-38-34-79(113-83)95(64-28-26-63(62-111)27-29-64)80-35-39-84(114-80)98(67-52-72(105(7,8)9)59-73(53-67)106(10,11)12)88-43-47-92(118-88)101(91-46-42-87(97)117-91)102-93-48-44-89(119-93)99(68-54-74(107(13,14)15)60-75(55-68)108(16,17)18)85-40-36-81(115-85)96(65-30-32-78(112-25)33-31-65)82-37-41-86(116-82)100(90-45-49-94(102)120-90)69-56-76(109(19,20)21)61-77(57-69)110(22,23)24;;/h26-61H,1-24H3;;/q-4;2*+2. The van der Waals surface area contributed by atoms with Gasteiger partial charge in [0.15, 0.2) is 5.69 Å². The van der Waals surface area contributed by atoms with E-state index in [1.165, 1.54) is 44.5 Å². The molecule has 0 unspecified atom stereocenters. The van der Waals surface area contributed by atoms with E-state index in [-0.39, 0.29) is 82.3 Å². The normalized spacial score (nSPS) is 13.1. The third-order valence-electron chi connectivity index (χ3n) is 23.9. The molecule has 0 saturated heterocycles. The Kier molecular flexibility index (Phi) is 22.5. The maximum Gasteiger partial charge on any atom is 2.00 e. The zero-order valence-corrected chi connectivity index (χ0v) is 81.6. The topological polar surface area (TPSA) is 136 Å². The van der Waals surface area contributed by atoms with E-state index in [2.05, 4.69) is 347 Å². The van der Waals surface area contributed by atoms with Crippen LogP contribution in [0.3, 0.4) is 0 Å². The Labute approximate surface area is 747 Å². The zero-order chi connectivity index (χ0) is 85.6. The fourth-order valence-corrected chi connectivity index (χ4v) is 16.4. The molecule has 4 aliphatic heterocycles. The van der Waals surface area contributed by atoms with Crippen LogP contribution in [0.15, 0.2) is 170 Å². The number of benzene rings is 6. The van der Waals surface area contributed by atoms with E-state index in [0.717, 1.165) is 145 Å². The summed E-state index contributed by atoms with van der Waals surface area (Å²) >= 11 is 0. The molecule has 0 radical (unpaired) electrons.